The Hall–Kier alpha value is -0.530. The Morgan fingerprint density at radius 1 is 1.71 bits per heavy atom. The first-order valence-electron chi connectivity index (χ1n) is 2.39. The zero-order valence-electron chi connectivity index (χ0n) is 4.46. The van der Waals surface area contributed by atoms with Crippen LogP contribution < -0.4 is 0 Å². The van der Waals surface area contributed by atoms with Crippen LogP contribution in [0.2, 0.25) is 0 Å². The van der Waals surface area contributed by atoms with E-state index in [0.717, 1.165) is 12.8 Å². The third-order valence-corrected chi connectivity index (χ3v) is 0.642. The third-order valence-electron chi connectivity index (χ3n) is 0.642. The molecule has 0 aromatic rings. The molecule has 0 heterocycles. The van der Waals surface area contributed by atoms with E-state index < -0.39 is 0 Å². The molecule has 0 aliphatic heterocycles. The Labute approximate surface area is 43.8 Å². The normalized spacial score (nSPS) is 10.4. The van der Waals surface area contributed by atoms with E-state index in [1.807, 2.05) is 13.3 Å². The van der Waals surface area contributed by atoms with E-state index in [4.69, 9.17) is 5.21 Å². The maximum atomic E-state index is 7.84. The highest BCUT2D eigenvalue weighted by Gasteiger charge is 1.75. The van der Waals surface area contributed by atoms with Crippen molar-refractivity contribution in [1.82, 2.24) is 0 Å². The number of nitrogens with zero attached hydrogens (tertiary/aromatic N) is 1. The molecule has 0 unspecified atom stereocenters. The molecule has 0 rings (SSSR count). The minimum absolute atomic E-state index is 0.771. The van der Waals surface area contributed by atoms with Gasteiger partial charge < -0.3 is 5.21 Å². The standard InChI is InChI=1S/C5H10NO/c1-2-3-4-5-6-7/h3,5,7H,2,4H2,1H3. The molecule has 0 saturated heterocycles. The molecule has 7 heavy (non-hydrogen) atoms. The lowest BCUT2D eigenvalue weighted by atomic mass is 10.3. The van der Waals surface area contributed by atoms with Gasteiger partial charge in [-0.15, -0.1) is 5.16 Å². The van der Waals surface area contributed by atoms with Crippen molar-refractivity contribution in [1.29, 1.82) is 0 Å². The van der Waals surface area contributed by atoms with Crippen molar-refractivity contribution < 1.29 is 5.21 Å². The van der Waals surface area contributed by atoms with Gasteiger partial charge in [-0.05, 0) is 12.8 Å². The van der Waals surface area contributed by atoms with Crippen LogP contribution in [0.1, 0.15) is 19.8 Å². The lowest BCUT2D eigenvalue weighted by Gasteiger charge is -1.81. The van der Waals surface area contributed by atoms with Crippen molar-refractivity contribution in [2.45, 2.75) is 19.8 Å². The zero-order chi connectivity index (χ0) is 5.54. The topological polar surface area (TPSA) is 32.6 Å². The van der Waals surface area contributed by atoms with Crippen LogP contribution in [0, 0.1) is 6.42 Å². The summed E-state index contributed by atoms with van der Waals surface area (Å²) in [5.41, 5.74) is 0. The van der Waals surface area contributed by atoms with Crippen molar-refractivity contribution in [3.63, 3.8) is 0 Å². The highest BCUT2D eigenvalue weighted by molar-refractivity contribution is 5.57. The molecule has 2 heteroatoms. The summed E-state index contributed by atoms with van der Waals surface area (Å²) in [5, 5.41) is 10.7. The van der Waals surface area contributed by atoms with Gasteiger partial charge in [-0.25, -0.2) is 0 Å². The van der Waals surface area contributed by atoms with Gasteiger partial charge in [0.1, 0.15) is 0 Å². The van der Waals surface area contributed by atoms with Gasteiger partial charge in [-0.3, -0.25) is 0 Å². The smallest absolute Gasteiger partial charge is 0.0438 e. The molecule has 1 N–H and O–H groups in total. The number of rotatable bonds is 3. The van der Waals surface area contributed by atoms with E-state index >= 15 is 0 Å². The van der Waals surface area contributed by atoms with Crippen LogP contribution >= 0.6 is 0 Å². The molecule has 0 bridgehead atoms. The van der Waals surface area contributed by atoms with E-state index in [-0.39, 0.29) is 0 Å². The first-order valence-corrected chi connectivity index (χ1v) is 2.39. The lowest BCUT2D eigenvalue weighted by Crippen LogP contribution is -1.74. The molecule has 0 atom stereocenters. The van der Waals surface area contributed by atoms with E-state index in [2.05, 4.69) is 5.16 Å². The number of oxime groups is 1. The molecule has 0 aliphatic carbocycles. The van der Waals surface area contributed by atoms with E-state index in [1.165, 1.54) is 6.21 Å². The monoisotopic (exact) mass is 100 g/mol. The van der Waals surface area contributed by atoms with Crippen LogP contribution in [0.4, 0.5) is 0 Å². The van der Waals surface area contributed by atoms with Crippen LogP contribution in [0.15, 0.2) is 5.16 Å². The SMILES string of the molecule is CC[CH]CC=NO. The predicted molar refractivity (Wildman–Crippen MR) is 29.5 cm³/mol. The summed E-state index contributed by atoms with van der Waals surface area (Å²) < 4.78 is 0. The minimum atomic E-state index is 0.771. The maximum Gasteiger partial charge on any atom is 0.0438 e. The van der Waals surface area contributed by atoms with Crippen LogP contribution in [0.5, 0.6) is 0 Å². The van der Waals surface area contributed by atoms with Crippen LogP contribution in [-0.4, -0.2) is 11.4 Å². The molecule has 0 spiro atoms. The molecule has 0 fully saturated rings. The highest BCUT2D eigenvalue weighted by atomic mass is 16.4. The summed E-state index contributed by atoms with van der Waals surface area (Å²) in [4.78, 5) is 0. The average Bonchev–Trinajstić information content (AvgIpc) is 1.69. The van der Waals surface area contributed by atoms with Gasteiger partial charge in [0.05, 0.1) is 0 Å². The molecule has 0 amide bonds. The fraction of sp³-hybridized carbons (Fsp3) is 0.600. The Bertz CT molecular complexity index is 52.0. The van der Waals surface area contributed by atoms with Crippen molar-refractivity contribution in [2.24, 2.45) is 5.16 Å². The fourth-order valence-corrected chi connectivity index (χ4v) is 0.288. The fourth-order valence-electron chi connectivity index (χ4n) is 0.288. The molecular weight excluding hydrogens is 90.1 g/mol. The molecular formula is C5H10NO. The third kappa shape index (κ3) is 5.47. The van der Waals surface area contributed by atoms with E-state index in [0.29, 0.717) is 0 Å². The molecule has 0 aliphatic rings. The molecule has 0 aromatic carbocycles. The van der Waals surface area contributed by atoms with Gasteiger partial charge in [0.25, 0.3) is 0 Å². The largest absolute Gasteiger partial charge is 0.411 e. The minimum Gasteiger partial charge on any atom is -0.411 e. The van der Waals surface area contributed by atoms with Gasteiger partial charge in [0.15, 0.2) is 0 Å². The van der Waals surface area contributed by atoms with Crippen molar-refractivity contribution >= 4 is 6.21 Å². The second kappa shape index (κ2) is 5.47. The number of hydrogen-bond donors (Lipinski definition) is 1. The predicted octanol–water partition coefficient (Wildman–Crippen LogP) is 1.45. The van der Waals surface area contributed by atoms with Gasteiger partial charge in [-0.1, -0.05) is 13.3 Å². The number of unbranched alkanes of at least 4 members (excludes halogenated alkanes) is 2. The molecule has 2 nitrogen and oxygen atoms in total. The summed E-state index contributed by atoms with van der Waals surface area (Å²) in [7, 11) is 0. The van der Waals surface area contributed by atoms with Gasteiger partial charge in [0, 0.05) is 6.21 Å². The van der Waals surface area contributed by atoms with Crippen LogP contribution in [-0.2, 0) is 0 Å². The molecule has 41 valence electrons. The maximum absolute atomic E-state index is 7.84. The van der Waals surface area contributed by atoms with E-state index in [1.54, 1.807) is 0 Å². The van der Waals surface area contributed by atoms with Crippen LogP contribution in [0.3, 0.4) is 0 Å². The van der Waals surface area contributed by atoms with Crippen molar-refractivity contribution in [2.75, 3.05) is 0 Å². The second-order valence-electron chi connectivity index (χ2n) is 1.23. The Kier molecular flexibility index (Phi) is 5.06. The van der Waals surface area contributed by atoms with Gasteiger partial charge in [0.2, 0.25) is 0 Å². The lowest BCUT2D eigenvalue weighted by molar-refractivity contribution is 0.320. The first kappa shape index (κ1) is 6.47. The summed E-state index contributed by atoms with van der Waals surface area (Å²) in [6.07, 6.45) is 5.29. The summed E-state index contributed by atoms with van der Waals surface area (Å²) in [6, 6.07) is 0. The van der Waals surface area contributed by atoms with Crippen molar-refractivity contribution in [3.05, 3.63) is 6.42 Å². The zero-order valence-corrected chi connectivity index (χ0v) is 4.46. The van der Waals surface area contributed by atoms with Gasteiger partial charge >= 0.3 is 0 Å². The molecule has 0 aromatic heterocycles. The molecule has 1 radical (unpaired) electrons. The second-order valence-corrected chi connectivity index (χ2v) is 1.23. The van der Waals surface area contributed by atoms with Crippen LogP contribution in [0.25, 0.3) is 0 Å². The first-order chi connectivity index (χ1) is 3.41. The summed E-state index contributed by atoms with van der Waals surface area (Å²) in [5.74, 6) is 0. The Morgan fingerprint density at radius 2 is 2.43 bits per heavy atom. The van der Waals surface area contributed by atoms with Crippen molar-refractivity contribution in [3.8, 4) is 0 Å². The quantitative estimate of drug-likeness (QED) is 0.247. The Balaban J connectivity index is 2.69. The molecule has 0 saturated carbocycles. The van der Waals surface area contributed by atoms with E-state index in [9.17, 15) is 0 Å². The van der Waals surface area contributed by atoms with Gasteiger partial charge in [-0.2, -0.15) is 0 Å². The number of hydrogen-bond acceptors (Lipinski definition) is 2. The Morgan fingerprint density at radius 3 is 2.86 bits per heavy atom. The summed E-state index contributed by atoms with van der Waals surface area (Å²) in [6.45, 7) is 2.05. The average molecular weight is 100 g/mol. The highest BCUT2D eigenvalue weighted by Crippen LogP contribution is 1.86. The summed E-state index contributed by atoms with van der Waals surface area (Å²) >= 11 is 0.